The van der Waals surface area contributed by atoms with Crippen molar-refractivity contribution in [3.8, 4) is 0 Å². The van der Waals surface area contributed by atoms with Crippen molar-refractivity contribution < 1.29 is 4.74 Å². The number of nitrogens with zero attached hydrogens (tertiary/aromatic N) is 3. The van der Waals surface area contributed by atoms with Crippen LogP contribution < -0.4 is 0 Å². The molecular formula is C19H23N3O. The van der Waals surface area contributed by atoms with E-state index in [9.17, 15) is 0 Å². The minimum absolute atomic E-state index is 0.0385. The summed E-state index contributed by atoms with van der Waals surface area (Å²) < 4.78 is 8.76. The van der Waals surface area contributed by atoms with E-state index in [0.717, 1.165) is 31.0 Å². The average molecular weight is 309 g/mol. The van der Waals surface area contributed by atoms with Gasteiger partial charge < -0.3 is 14.2 Å². The van der Waals surface area contributed by atoms with Gasteiger partial charge in [0.1, 0.15) is 5.60 Å². The second-order valence-electron chi connectivity index (χ2n) is 7.35. The maximum absolute atomic E-state index is 6.59. The molecule has 3 aliphatic heterocycles. The highest BCUT2D eigenvalue weighted by Gasteiger charge is 2.49. The molecule has 0 saturated carbocycles. The van der Waals surface area contributed by atoms with Gasteiger partial charge in [-0.1, -0.05) is 18.2 Å². The second-order valence-corrected chi connectivity index (χ2v) is 7.35. The minimum Gasteiger partial charge on any atom is -0.468 e. The standard InChI is InChI=1S/C19H23N3O/c1-21-12-16(15-6-2-3-7-17(15)21)18-20-13-19(23-18)8-10-22-9-4-5-14(19)11-22/h2-3,6-7,12,14H,4-5,8-11,13H2,1H3/t14-,19?/m1/s1. The van der Waals surface area contributed by atoms with Gasteiger partial charge in [0.15, 0.2) is 0 Å². The molecule has 3 aliphatic rings. The van der Waals surface area contributed by atoms with E-state index >= 15 is 0 Å². The molecule has 120 valence electrons. The highest BCUT2D eigenvalue weighted by atomic mass is 16.5. The summed E-state index contributed by atoms with van der Waals surface area (Å²) in [5.41, 5.74) is 2.35. The fourth-order valence-corrected chi connectivity index (χ4v) is 4.70. The van der Waals surface area contributed by atoms with E-state index in [1.54, 1.807) is 0 Å². The molecule has 23 heavy (non-hydrogen) atoms. The van der Waals surface area contributed by atoms with Gasteiger partial charge in [-0.3, -0.25) is 0 Å². The summed E-state index contributed by atoms with van der Waals surface area (Å²) >= 11 is 0. The Morgan fingerprint density at radius 2 is 2.17 bits per heavy atom. The van der Waals surface area contributed by atoms with E-state index in [-0.39, 0.29) is 5.60 Å². The first-order valence-corrected chi connectivity index (χ1v) is 8.75. The lowest BCUT2D eigenvalue weighted by Crippen LogP contribution is -2.56. The number of aromatic nitrogens is 1. The van der Waals surface area contributed by atoms with E-state index in [4.69, 9.17) is 9.73 Å². The van der Waals surface area contributed by atoms with Gasteiger partial charge in [0, 0.05) is 49.6 Å². The van der Waals surface area contributed by atoms with Crippen LogP contribution in [0.2, 0.25) is 0 Å². The first-order valence-electron chi connectivity index (χ1n) is 8.75. The molecule has 0 radical (unpaired) electrons. The van der Waals surface area contributed by atoms with E-state index in [1.165, 1.54) is 36.8 Å². The Morgan fingerprint density at radius 3 is 3.13 bits per heavy atom. The van der Waals surface area contributed by atoms with E-state index in [2.05, 4.69) is 47.0 Å². The summed E-state index contributed by atoms with van der Waals surface area (Å²) in [7, 11) is 2.09. The first kappa shape index (κ1) is 13.6. The predicted octanol–water partition coefficient (Wildman–Crippen LogP) is 2.81. The number of fused-ring (bicyclic) bond motifs is 4. The van der Waals surface area contributed by atoms with E-state index in [0.29, 0.717) is 5.92 Å². The van der Waals surface area contributed by atoms with Crippen molar-refractivity contribution in [3.63, 3.8) is 0 Å². The lowest BCUT2D eigenvalue weighted by molar-refractivity contribution is -0.0599. The zero-order chi connectivity index (χ0) is 15.4. The Balaban J connectivity index is 1.49. The number of piperidine rings is 2. The normalized spacial score (nSPS) is 33.0. The monoisotopic (exact) mass is 309 g/mol. The van der Waals surface area contributed by atoms with Crippen LogP contribution in [-0.2, 0) is 11.8 Å². The lowest BCUT2D eigenvalue weighted by atomic mass is 9.76. The van der Waals surface area contributed by atoms with Gasteiger partial charge in [-0.05, 0) is 25.5 Å². The summed E-state index contributed by atoms with van der Waals surface area (Å²) in [4.78, 5) is 7.45. The number of rotatable bonds is 1. The topological polar surface area (TPSA) is 29.8 Å². The van der Waals surface area contributed by atoms with Gasteiger partial charge in [0.05, 0.1) is 12.1 Å². The fraction of sp³-hybridized carbons (Fsp3) is 0.526. The predicted molar refractivity (Wildman–Crippen MR) is 91.9 cm³/mol. The maximum atomic E-state index is 6.59. The van der Waals surface area contributed by atoms with E-state index in [1.807, 2.05) is 0 Å². The summed E-state index contributed by atoms with van der Waals surface area (Å²) in [6, 6.07) is 8.51. The second kappa shape index (κ2) is 4.84. The third kappa shape index (κ3) is 1.97. The third-order valence-electron chi connectivity index (χ3n) is 6.02. The van der Waals surface area contributed by atoms with Crippen molar-refractivity contribution in [1.82, 2.24) is 9.47 Å². The number of aliphatic imine (C=N–C) groups is 1. The fourth-order valence-electron chi connectivity index (χ4n) is 4.70. The van der Waals surface area contributed by atoms with Crippen LogP contribution in [0.5, 0.6) is 0 Å². The Bertz CT molecular complexity index is 793. The van der Waals surface area contributed by atoms with Gasteiger partial charge in [0.2, 0.25) is 5.90 Å². The smallest absolute Gasteiger partial charge is 0.219 e. The molecule has 4 nitrogen and oxygen atoms in total. The van der Waals surface area contributed by atoms with Crippen LogP contribution in [0.4, 0.5) is 0 Å². The molecule has 2 unspecified atom stereocenters. The molecular weight excluding hydrogens is 286 g/mol. The molecule has 4 heteroatoms. The molecule has 0 aliphatic carbocycles. The molecule has 4 heterocycles. The number of benzene rings is 1. The first-order chi connectivity index (χ1) is 11.3. The molecule has 3 atom stereocenters. The van der Waals surface area contributed by atoms with E-state index < -0.39 is 0 Å². The Kier molecular flexibility index (Phi) is 2.87. The quantitative estimate of drug-likeness (QED) is 0.811. The number of para-hydroxylation sites is 1. The van der Waals surface area contributed by atoms with Gasteiger partial charge >= 0.3 is 0 Å². The Hall–Kier alpha value is -1.81. The van der Waals surface area contributed by atoms with Crippen LogP contribution in [-0.4, -0.2) is 47.1 Å². The Morgan fingerprint density at radius 1 is 1.26 bits per heavy atom. The van der Waals surface area contributed by atoms with Crippen molar-refractivity contribution in [3.05, 3.63) is 36.0 Å². The van der Waals surface area contributed by atoms with Crippen LogP contribution in [0, 0.1) is 5.92 Å². The average Bonchev–Trinajstić information content (AvgIpc) is 3.16. The summed E-state index contributed by atoms with van der Waals surface area (Å²) in [6.45, 7) is 4.46. The highest BCUT2D eigenvalue weighted by molar-refractivity contribution is 6.07. The van der Waals surface area contributed by atoms with Crippen molar-refractivity contribution in [2.24, 2.45) is 18.0 Å². The van der Waals surface area contributed by atoms with Crippen molar-refractivity contribution in [1.29, 1.82) is 0 Å². The molecule has 2 fully saturated rings. The van der Waals surface area contributed by atoms with Crippen molar-refractivity contribution in [2.75, 3.05) is 26.2 Å². The molecule has 1 aromatic heterocycles. The van der Waals surface area contributed by atoms with Crippen LogP contribution in [0.3, 0.4) is 0 Å². The molecule has 2 bridgehead atoms. The molecule has 0 amide bonds. The number of hydrogen-bond donors (Lipinski definition) is 0. The third-order valence-corrected chi connectivity index (χ3v) is 6.02. The van der Waals surface area contributed by atoms with Crippen molar-refractivity contribution >= 4 is 16.8 Å². The Labute approximate surface area is 136 Å². The number of aryl methyl sites for hydroxylation is 1. The minimum atomic E-state index is -0.0385. The SMILES string of the molecule is Cn1cc(C2=NCC3(CCN4CCC[C@@H]3C4)O2)c2ccccc21. The van der Waals surface area contributed by atoms with Crippen LogP contribution in [0.15, 0.2) is 35.5 Å². The zero-order valence-corrected chi connectivity index (χ0v) is 13.7. The molecule has 1 spiro atoms. The highest BCUT2D eigenvalue weighted by Crippen LogP contribution is 2.41. The molecule has 2 aromatic rings. The maximum Gasteiger partial charge on any atom is 0.219 e. The molecule has 0 N–H and O–H groups in total. The number of ether oxygens (including phenoxy) is 1. The summed E-state index contributed by atoms with van der Waals surface area (Å²) in [5, 5.41) is 1.24. The van der Waals surface area contributed by atoms with Crippen LogP contribution in [0.1, 0.15) is 24.8 Å². The van der Waals surface area contributed by atoms with Gasteiger partial charge in [-0.25, -0.2) is 4.99 Å². The van der Waals surface area contributed by atoms with Gasteiger partial charge in [-0.15, -0.1) is 0 Å². The van der Waals surface area contributed by atoms with Gasteiger partial charge in [-0.2, -0.15) is 0 Å². The largest absolute Gasteiger partial charge is 0.468 e. The van der Waals surface area contributed by atoms with Crippen LogP contribution >= 0.6 is 0 Å². The van der Waals surface area contributed by atoms with Crippen LogP contribution in [0.25, 0.3) is 10.9 Å². The molecule has 5 rings (SSSR count). The van der Waals surface area contributed by atoms with Gasteiger partial charge in [0.25, 0.3) is 0 Å². The molecule has 1 aromatic carbocycles. The summed E-state index contributed by atoms with van der Waals surface area (Å²) in [5.74, 6) is 1.50. The zero-order valence-electron chi connectivity index (χ0n) is 13.7. The number of hydrogen-bond acceptors (Lipinski definition) is 3. The van der Waals surface area contributed by atoms with Crippen molar-refractivity contribution in [2.45, 2.75) is 24.9 Å². The molecule has 2 saturated heterocycles. The summed E-state index contributed by atoms with van der Waals surface area (Å²) in [6.07, 6.45) is 5.88. The lowest BCUT2D eigenvalue weighted by Gasteiger charge is -2.47.